The molecule has 126 valence electrons. The number of phenolic OH excluding ortho intramolecular Hbond substituents is 1. The fourth-order valence-corrected chi connectivity index (χ4v) is 5.33. The van der Waals surface area contributed by atoms with E-state index in [2.05, 4.69) is 70.0 Å². The normalized spacial score (nSPS) is 25.8. The number of likely N-dealkylation sites (tertiary alicyclic amines) is 1. The van der Waals surface area contributed by atoms with E-state index in [-0.39, 0.29) is 5.66 Å². The summed E-state index contributed by atoms with van der Waals surface area (Å²) >= 11 is 3.65. The first-order valence-corrected chi connectivity index (χ1v) is 9.36. The lowest BCUT2D eigenvalue weighted by Gasteiger charge is -2.42. The number of halogens is 1. The SMILES string of the molecule is CN1c2c(Br)cc(O)cc2[C@@H]2CCN(CCc3ccccc3)[C@@]21C. The molecular weight excluding hydrogens is 364 g/mol. The number of nitrogens with zero attached hydrogens (tertiary/aromatic N) is 2. The number of hydrogen-bond donors (Lipinski definition) is 1. The molecule has 2 atom stereocenters. The summed E-state index contributed by atoms with van der Waals surface area (Å²) in [4.78, 5) is 5.00. The van der Waals surface area contributed by atoms with Crippen LogP contribution >= 0.6 is 15.9 Å². The molecule has 0 saturated carbocycles. The first-order valence-electron chi connectivity index (χ1n) is 8.57. The van der Waals surface area contributed by atoms with E-state index >= 15 is 0 Å². The minimum absolute atomic E-state index is 0.0204. The van der Waals surface area contributed by atoms with E-state index in [1.165, 1.54) is 16.8 Å². The molecule has 4 heteroatoms. The van der Waals surface area contributed by atoms with E-state index in [0.717, 1.165) is 30.4 Å². The Kier molecular flexibility index (Phi) is 3.85. The predicted molar refractivity (Wildman–Crippen MR) is 102 cm³/mol. The quantitative estimate of drug-likeness (QED) is 0.848. The maximum absolute atomic E-state index is 10.0. The molecule has 1 fully saturated rings. The molecule has 24 heavy (non-hydrogen) atoms. The highest BCUT2D eigenvalue weighted by Crippen LogP contribution is 2.56. The van der Waals surface area contributed by atoms with Crippen LogP contribution in [0.3, 0.4) is 0 Å². The molecule has 3 nitrogen and oxygen atoms in total. The number of rotatable bonds is 3. The van der Waals surface area contributed by atoms with Gasteiger partial charge in [0.25, 0.3) is 0 Å². The molecule has 0 aliphatic carbocycles. The van der Waals surface area contributed by atoms with Gasteiger partial charge >= 0.3 is 0 Å². The standard InChI is InChI=1S/C20H23BrN2O/c1-20-17(16-12-15(24)13-18(21)19(16)22(20)2)9-11-23(20)10-8-14-6-4-3-5-7-14/h3-7,12-13,17,24H,8-11H2,1-2H3/t17-,20-/m0/s1. The fraction of sp³-hybridized carbons (Fsp3) is 0.400. The number of likely N-dealkylation sites (N-methyl/N-ethyl adjacent to an activating group) is 1. The Balaban J connectivity index is 1.62. The zero-order valence-electron chi connectivity index (χ0n) is 14.2. The third-order valence-electron chi connectivity index (χ3n) is 5.97. The molecule has 0 bridgehead atoms. The zero-order valence-corrected chi connectivity index (χ0v) is 15.8. The number of aromatic hydroxyl groups is 1. The lowest BCUT2D eigenvalue weighted by molar-refractivity contribution is 0.153. The highest BCUT2D eigenvalue weighted by atomic mass is 79.9. The Bertz CT molecular complexity index is 764. The number of fused-ring (bicyclic) bond motifs is 3. The van der Waals surface area contributed by atoms with Crippen molar-refractivity contribution in [2.75, 3.05) is 25.0 Å². The predicted octanol–water partition coefficient (Wildman–Crippen LogP) is 4.35. The second-order valence-corrected chi connectivity index (χ2v) is 7.94. The smallest absolute Gasteiger partial charge is 0.117 e. The van der Waals surface area contributed by atoms with Crippen LogP contribution in [0.2, 0.25) is 0 Å². The number of anilines is 1. The molecule has 0 amide bonds. The van der Waals surface area contributed by atoms with Gasteiger partial charge in [0.15, 0.2) is 0 Å². The van der Waals surface area contributed by atoms with Crippen LogP contribution in [0.1, 0.15) is 30.4 Å². The van der Waals surface area contributed by atoms with Crippen molar-refractivity contribution in [3.05, 3.63) is 58.1 Å². The van der Waals surface area contributed by atoms with Crippen LogP contribution in [0.25, 0.3) is 0 Å². The van der Waals surface area contributed by atoms with Gasteiger partial charge in [-0.3, -0.25) is 4.90 Å². The Labute approximate surface area is 152 Å². The summed E-state index contributed by atoms with van der Waals surface area (Å²) in [6.45, 7) is 4.50. The molecule has 2 aromatic carbocycles. The molecular formula is C20H23BrN2O. The average molecular weight is 387 g/mol. The number of hydrogen-bond acceptors (Lipinski definition) is 3. The molecule has 2 heterocycles. The average Bonchev–Trinajstić information content (AvgIpc) is 3.00. The van der Waals surface area contributed by atoms with E-state index in [9.17, 15) is 5.11 Å². The lowest BCUT2D eigenvalue weighted by atomic mass is 9.91. The third kappa shape index (κ3) is 2.27. The molecule has 2 aromatic rings. The lowest BCUT2D eigenvalue weighted by Crippen LogP contribution is -2.54. The molecule has 2 aliphatic heterocycles. The molecule has 1 N–H and O–H groups in total. The van der Waals surface area contributed by atoms with Gasteiger partial charge in [-0.2, -0.15) is 0 Å². The van der Waals surface area contributed by atoms with Crippen molar-refractivity contribution in [1.29, 1.82) is 0 Å². The maximum Gasteiger partial charge on any atom is 0.117 e. The summed E-state index contributed by atoms with van der Waals surface area (Å²) in [5.74, 6) is 0.790. The van der Waals surface area contributed by atoms with E-state index in [1.54, 1.807) is 6.07 Å². The summed E-state index contributed by atoms with van der Waals surface area (Å²) in [6.07, 6.45) is 2.21. The highest BCUT2D eigenvalue weighted by molar-refractivity contribution is 9.10. The summed E-state index contributed by atoms with van der Waals surface area (Å²) in [5, 5.41) is 10.0. The fourth-order valence-electron chi connectivity index (χ4n) is 4.60. The van der Waals surface area contributed by atoms with Gasteiger partial charge in [0.2, 0.25) is 0 Å². The Hall–Kier alpha value is -1.52. The van der Waals surface area contributed by atoms with Gasteiger partial charge in [0.1, 0.15) is 5.75 Å². The molecule has 1 saturated heterocycles. The minimum Gasteiger partial charge on any atom is -0.508 e. The maximum atomic E-state index is 10.0. The highest BCUT2D eigenvalue weighted by Gasteiger charge is 2.54. The van der Waals surface area contributed by atoms with Crippen molar-refractivity contribution in [3.8, 4) is 5.75 Å². The van der Waals surface area contributed by atoms with Crippen molar-refractivity contribution in [1.82, 2.24) is 4.90 Å². The first kappa shape index (κ1) is 16.0. The summed E-state index contributed by atoms with van der Waals surface area (Å²) < 4.78 is 0.985. The van der Waals surface area contributed by atoms with Crippen molar-refractivity contribution in [2.24, 2.45) is 0 Å². The van der Waals surface area contributed by atoms with Gasteiger partial charge < -0.3 is 10.0 Å². The van der Waals surface area contributed by atoms with E-state index in [0.29, 0.717) is 11.7 Å². The van der Waals surface area contributed by atoms with Crippen LogP contribution in [-0.4, -0.2) is 35.8 Å². The monoisotopic (exact) mass is 386 g/mol. The zero-order chi connectivity index (χ0) is 16.9. The van der Waals surface area contributed by atoms with Crippen molar-refractivity contribution >= 4 is 21.6 Å². The number of phenols is 1. The van der Waals surface area contributed by atoms with Crippen molar-refractivity contribution in [2.45, 2.75) is 31.3 Å². The molecule has 0 spiro atoms. The second kappa shape index (κ2) is 5.78. The summed E-state index contributed by atoms with van der Waals surface area (Å²) in [5.41, 5.74) is 3.87. The van der Waals surface area contributed by atoms with Gasteiger partial charge in [-0.05, 0) is 59.0 Å². The van der Waals surface area contributed by atoms with Crippen LogP contribution in [0.4, 0.5) is 5.69 Å². The Morgan fingerprint density at radius 1 is 1.25 bits per heavy atom. The van der Waals surface area contributed by atoms with E-state index in [1.807, 2.05) is 6.07 Å². The topological polar surface area (TPSA) is 26.7 Å². The van der Waals surface area contributed by atoms with Crippen LogP contribution in [0, 0.1) is 0 Å². The minimum atomic E-state index is -0.0204. The molecule has 0 radical (unpaired) electrons. The third-order valence-corrected chi connectivity index (χ3v) is 6.57. The molecule has 0 aromatic heterocycles. The number of benzene rings is 2. The van der Waals surface area contributed by atoms with Crippen LogP contribution < -0.4 is 4.90 Å². The van der Waals surface area contributed by atoms with Crippen LogP contribution in [0.5, 0.6) is 5.75 Å². The first-order chi connectivity index (χ1) is 11.5. The van der Waals surface area contributed by atoms with Gasteiger partial charge in [-0.15, -0.1) is 0 Å². The van der Waals surface area contributed by atoms with Crippen LogP contribution in [-0.2, 0) is 6.42 Å². The van der Waals surface area contributed by atoms with Gasteiger partial charge in [-0.25, -0.2) is 0 Å². The van der Waals surface area contributed by atoms with Crippen molar-refractivity contribution < 1.29 is 5.11 Å². The molecule has 2 aliphatic rings. The van der Waals surface area contributed by atoms with E-state index < -0.39 is 0 Å². The van der Waals surface area contributed by atoms with Crippen LogP contribution in [0.15, 0.2) is 46.9 Å². The van der Waals surface area contributed by atoms with Gasteiger partial charge in [0, 0.05) is 30.5 Å². The Morgan fingerprint density at radius 3 is 2.75 bits per heavy atom. The van der Waals surface area contributed by atoms with E-state index in [4.69, 9.17) is 0 Å². The van der Waals surface area contributed by atoms with Crippen molar-refractivity contribution in [3.63, 3.8) is 0 Å². The molecule has 0 unspecified atom stereocenters. The van der Waals surface area contributed by atoms with Gasteiger partial charge in [-0.1, -0.05) is 30.3 Å². The largest absolute Gasteiger partial charge is 0.508 e. The Morgan fingerprint density at radius 2 is 2.00 bits per heavy atom. The molecule has 4 rings (SSSR count). The van der Waals surface area contributed by atoms with Gasteiger partial charge in [0.05, 0.1) is 11.4 Å². The summed E-state index contributed by atoms with van der Waals surface area (Å²) in [6, 6.07) is 14.5. The second-order valence-electron chi connectivity index (χ2n) is 7.08. The summed E-state index contributed by atoms with van der Waals surface area (Å²) in [7, 11) is 2.18.